The molecular formula is C18H22N4O2. The van der Waals surface area contributed by atoms with Gasteiger partial charge in [0.1, 0.15) is 0 Å². The third-order valence-corrected chi connectivity index (χ3v) is 4.94. The molecule has 0 saturated carbocycles. The monoisotopic (exact) mass is 326 g/mol. The van der Waals surface area contributed by atoms with Crippen LogP contribution in [-0.4, -0.2) is 47.9 Å². The van der Waals surface area contributed by atoms with Gasteiger partial charge in [0, 0.05) is 42.5 Å². The average molecular weight is 326 g/mol. The van der Waals surface area contributed by atoms with E-state index in [1.807, 2.05) is 31.2 Å². The molecule has 0 unspecified atom stereocenters. The summed E-state index contributed by atoms with van der Waals surface area (Å²) in [5.41, 5.74) is 2.02. The highest BCUT2D eigenvalue weighted by molar-refractivity contribution is 5.33. The summed E-state index contributed by atoms with van der Waals surface area (Å²) in [6.07, 6.45) is 3.58. The zero-order valence-electron chi connectivity index (χ0n) is 13.9. The van der Waals surface area contributed by atoms with Gasteiger partial charge in [0.2, 0.25) is 5.95 Å². The highest BCUT2D eigenvalue weighted by Crippen LogP contribution is 2.42. The molecule has 2 saturated heterocycles. The van der Waals surface area contributed by atoms with Crippen molar-refractivity contribution in [1.82, 2.24) is 15.0 Å². The van der Waals surface area contributed by atoms with E-state index in [1.54, 1.807) is 12.4 Å². The number of aryl methyl sites for hydroxylation is 1. The Hall–Kier alpha value is -2.05. The van der Waals surface area contributed by atoms with Crippen molar-refractivity contribution in [2.75, 3.05) is 37.8 Å². The fourth-order valence-electron chi connectivity index (χ4n) is 3.68. The Bertz CT molecular complexity index is 696. The summed E-state index contributed by atoms with van der Waals surface area (Å²) < 4.78 is 11.8. The van der Waals surface area contributed by atoms with Crippen LogP contribution < -0.4 is 4.90 Å². The van der Waals surface area contributed by atoms with Crippen molar-refractivity contribution in [3.8, 4) is 0 Å². The highest BCUT2D eigenvalue weighted by Gasteiger charge is 2.51. The van der Waals surface area contributed by atoms with E-state index in [1.165, 1.54) is 0 Å². The number of pyridine rings is 1. The lowest BCUT2D eigenvalue weighted by Crippen LogP contribution is -2.36. The van der Waals surface area contributed by atoms with E-state index in [0.29, 0.717) is 19.1 Å². The fraction of sp³-hybridized carbons (Fsp3) is 0.500. The molecule has 2 atom stereocenters. The SMILES string of the molecule is Cc1cccc(COC[C@@]23COC[C@@H]2CN(c2ncccn2)C3)n1. The van der Waals surface area contributed by atoms with Crippen molar-refractivity contribution in [3.63, 3.8) is 0 Å². The average Bonchev–Trinajstić information content (AvgIpc) is 3.13. The van der Waals surface area contributed by atoms with Gasteiger partial charge >= 0.3 is 0 Å². The predicted molar refractivity (Wildman–Crippen MR) is 89.6 cm³/mol. The number of aromatic nitrogens is 3. The van der Waals surface area contributed by atoms with Crippen LogP contribution in [0.3, 0.4) is 0 Å². The van der Waals surface area contributed by atoms with Crippen LogP contribution in [0.5, 0.6) is 0 Å². The summed E-state index contributed by atoms with van der Waals surface area (Å²) in [6, 6.07) is 7.87. The molecule has 4 rings (SSSR count). The van der Waals surface area contributed by atoms with E-state index in [-0.39, 0.29) is 5.41 Å². The maximum absolute atomic E-state index is 6.04. The van der Waals surface area contributed by atoms with Gasteiger partial charge in [-0.2, -0.15) is 0 Å². The van der Waals surface area contributed by atoms with E-state index in [9.17, 15) is 0 Å². The van der Waals surface area contributed by atoms with E-state index < -0.39 is 0 Å². The summed E-state index contributed by atoms with van der Waals surface area (Å²) in [7, 11) is 0. The Morgan fingerprint density at radius 2 is 2.17 bits per heavy atom. The molecule has 0 aliphatic carbocycles. The van der Waals surface area contributed by atoms with E-state index in [2.05, 4.69) is 19.9 Å². The number of fused-ring (bicyclic) bond motifs is 1. The van der Waals surface area contributed by atoms with Crippen LogP contribution in [0.1, 0.15) is 11.4 Å². The maximum Gasteiger partial charge on any atom is 0.225 e. The van der Waals surface area contributed by atoms with Gasteiger partial charge in [0.25, 0.3) is 0 Å². The number of ether oxygens (including phenoxy) is 2. The Balaban J connectivity index is 1.41. The second-order valence-electron chi connectivity index (χ2n) is 6.77. The number of anilines is 1. The quantitative estimate of drug-likeness (QED) is 0.836. The van der Waals surface area contributed by atoms with E-state index in [4.69, 9.17) is 9.47 Å². The minimum Gasteiger partial charge on any atom is -0.380 e. The first-order valence-electron chi connectivity index (χ1n) is 8.35. The van der Waals surface area contributed by atoms with Crippen LogP contribution in [0, 0.1) is 18.3 Å². The van der Waals surface area contributed by atoms with Gasteiger partial charge in [-0.15, -0.1) is 0 Å². The van der Waals surface area contributed by atoms with Gasteiger partial charge in [-0.05, 0) is 25.1 Å². The minimum absolute atomic E-state index is 0.0308. The van der Waals surface area contributed by atoms with Crippen molar-refractivity contribution >= 4 is 5.95 Å². The molecule has 2 fully saturated rings. The van der Waals surface area contributed by atoms with Crippen molar-refractivity contribution in [2.45, 2.75) is 13.5 Å². The zero-order chi connectivity index (χ0) is 16.4. The van der Waals surface area contributed by atoms with Crippen LogP contribution in [0.15, 0.2) is 36.7 Å². The molecule has 2 aromatic heterocycles. The summed E-state index contributed by atoms with van der Waals surface area (Å²) >= 11 is 0. The molecule has 126 valence electrons. The summed E-state index contributed by atoms with van der Waals surface area (Å²) in [4.78, 5) is 15.5. The number of hydrogen-bond donors (Lipinski definition) is 0. The van der Waals surface area contributed by atoms with Crippen LogP contribution >= 0.6 is 0 Å². The standard InChI is InChI=1S/C18H22N4O2/c1-14-4-2-5-16(21-14)10-24-13-18-11-22(8-15(18)9-23-12-18)17-19-6-3-7-20-17/h2-7,15H,8-13H2,1H3/t15-,18+/m0/s1. The highest BCUT2D eigenvalue weighted by atomic mass is 16.5. The van der Waals surface area contributed by atoms with Crippen molar-refractivity contribution < 1.29 is 9.47 Å². The number of rotatable bonds is 5. The molecule has 24 heavy (non-hydrogen) atoms. The number of nitrogens with zero attached hydrogens (tertiary/aromatic N) is 4. The molecule has 6 nitrogen and oxygen atoms in total. The molecule has 0 radical (unpaired) electrons. The van der Waals surface area contributed by atoms with Crippen LogP contribution in [-0.2, 0) is 16.1 Å². The van der Waals surface area contributed by atoms with Crippen LogP contribution in [0.25, 0.3) is 0 Å². The Morgan fingerprint density at radius 1 is 1.29 bits per heavy atom. The summed E-state index contributed by atoms with van der Waals surface area (Å²) in [5.74, 6) is 1.26. The second-order valence-corrected chi connectivity index (χ2v) is 6.77. The molecule has 6 heteroatoms. The number of hydrogen-bond acceptors (Lipinski definition) is 6. The first kappa shape index (κ1) is 15.5. The van der Waals surface area contributed by atoms with Gasteiger partial charge in [0.15, 0.2) is 0 Å². The smallest absolute Gasteiger partial charge is 0.225 e. The predicted octanol–water partition coefficient (Wildman–Crippen LogP) is 1.85. The first-order chi connectivity index (χ1) is 11.8. The molecule has 0 amide bonds. The van der Waals surface area contributed by atoms with E-state index in [0.717, 1.165) is 43.6 Å². The largest absolute Gasteiger partial charge is 0.380 e. The maximum atomic E-state index is 6.04. The third kappa shape index (κ3) is 2.99. The van der Waals surface area contributed by atoms with Gasteiger partial charge in [-0.1, -0.05) is 6.07 Å². The second kappa shape index (κ2) is 6.45. The lowest BCUT2D eigenvalue weighted by atomic mass is 9.82. The first-order valence-corrected chi connectivity index (χ1v) is 8.35. The van der Waals surface area contributed by atoms with Crippen LogP contribution in [0.4, 0.5) is 5.95 Å². The normalized spacial score (nSPS) is 25.9. The third-order valence-electron chi connectivity index (χ3n) is 4.94. The molecule has 0 spiro atoms. The molecular weight excluding hydrogens is 304 g/mol. The minimum atomic E-state index is 0.0308. The van der Waals surface area contributed by atoms with Gasteiger partial charge in [-0.3, -0.25) is 4.98 Å². The Morgan fingerprint density at radius 3 is 3.00 bits per heavy atom. The molecule has 2 aromatic rings. The van der Waals surface area contributed by atoms with Crippen LogP contribution in [0.2, 0.25) is 0 Å². The Kier molecular flexibility index (Phi) is 4.16. The Labute approximate surface area is 141 Å². The lowest BCUT2D eigenvalue weighted by molar-refractivity contribution is 0.0250. The molecule has 0 N–H and O–H groups in total. The molecule has 4 heterocycles. The van der Waals surface area contributed by atoms with Crippen molar-refractivity contribution in [1.29, 1.82) is 0 Å². The molecule has 2 aliphatic rings. The molecule has 0 aromatic carbocycles. The van der Waals surface area contributed by atoms with Gasteiger partial charge in [0.05, 0.1) is 32.1 Å². The topological polar surface area (TPSA) is 60.4 Å². The zero-order valence-corrected chi connectivity index (χ0v) is 13.9. The van der Waals surface area contributed by atoms with Gasteiger partial charge < -0.3 is 14.4 Å². The van der Waals surface area contributed by atoms with Crippen molar-refractivity contribution in [2.24, 2.45) is 11.3 Å². The lowest BCUT2D eigenvalue weighted by Gasteiger charge is -2.26. The van der Waals surface area contributed by atoms with Gasteiger partial charge in [-0.25, -0.2) is 9.97 Å². The van der Waals surface area contributed by atoms with Crippen molar-refractivity contribution in [3.05, 3.63) is 48.0 Å². The molecule has 0 bridgehead atoms. The fourth-order valence-corrected chi connectivity index (χ4v) is 3.68. The summed E-state index contributed by atoms with van der Waals surface area (Å²) in [5, 5.41) is 0. The summed E-state index contributed by atoms with van der Waals surface area (Å²) in [6.45, 7) is 6.54. The van der Waals surface area contributed by atoms with E-state index >= 15 is 0 Å². The molecule has 2 aliphatic heterocycles.